The second-order valence-corrected chi connectivity index (χ2v) is 7.56. The Labute approximate surface area is 103 Å². The molecule has 0 bridgehead atoms. The molecule has 2 nitrogen and oxygen atoms in total. The van der Waals surface area contributed by atoms with Crippen molar-refractivity contribution in [2.45, 2.75) is 52.6 Å². The average molecular weight is 234 g/mol. The van der Waals surface area contributed by atoms with E-state index in [-0.39, 0.29) is 22.5 Å². The summed E-state index contributed by atoms with van der Waals surface area (Å²) in [4.78, 5) is 12.0. The summed E-state index contributed by atoms with van der Waals surface area (Å²) < 4.78 is 0. The number of hydrogen-bond acceptors (Lipinski definition) is 2. The zero-order chi connectivity index (χ0) is 12.6. The van der Waals surface area contributed by atoms with Crippen LogP contribution in [0.4, 0.5) is 0 Å². The summed E-state index contributed by atoms with van der Waals surface area (Å²) in [6.07, 6.45) is 5.11. The van der Waals surface area contributed by atoms with Crippen LogP contribution >= 0.6 is 0 Å². The Morgan fingerprint density at radius 2 is 1.82 bits per heavy atom. The molecule has 0 aromatic rings. The van der Waals surface area contributed by atoms with E-state index in [9.17, 15) is 9.90 Å². The van der Waals surface area contributed by atoms with Gasteiger partial charge in [0.2, 0.25) is 0 Å². The highest BCUT2D eigenvalue weighted by Gasteiger charge is 2.63. The van der Waals surface area contributed by atoms with E-state index in [4.69, 9.17) is 0 Å². The van der Waals surface area contributed by atoms with E-state index in [1.165, 1.54) is 18.4 Å². The molecule has 17 heavy (non-hydrogen) atoms. The van der Waals surface area contributed by atoms with Crippen molar-refractivity contribution < 1.29 is 9.90 Å². The van der Waals surface area contributed by atoms with Crippen LogP contribution in [0.15, 0.2) is 11.6 Å². The van der Waals surface area contributed by atoms with Crippen molar-refractivity contribution in [3.63, 3.8) is 0 Å². The van der Waals surface area contributed by atoms with Gasteiger partial charge in [-0.2, -0.15) is 0 Å². The predicted octanol–water partition coefficient (Wildman–Crippen LogP) is 2.71. The maximum Gasteiger partial charge on any atom is 0.187 e. The normalized spacial score (nSPS) is 51.4. The second kappa shape index (κ2) is 2.85. The highest BCUT2D eigenvalue weighted by molar-refractivity contribution is 6.01. The molecule has 3 aliphatic rings. The third-order valence-corrected chi connectivity index (χ3v) is 5.47. The van der Waals surface area contributed by atoms with E-state index in [1.54, 1.807) is 13.0 Å². The molecule has 2 heteroatoms. The van der Waals surface area contributed by atoms with Crippen LogP contribution in [0.2, 0.25) is 0 Å². The maximum atomic E-state index is 12.0. The van der Waals surface area contributed by atoms with Crippen LogP contribution in [0.3, 0.4) is 0 Å². The van der Waals surface area contributed by atoms with Gasteiger partial charge in [-0.05, 0) is 49.0 Å². The number of fused-ring (bicyclic) bond motifs is 3. The maximum absolute atomic E-state index is 12.0. The third kappa shape index (κ3) is 1.40. The molecule has 3 rings (SSSR count). The SMILES string of the molecule is CC1(C)C[C@@H]2C[C@@]2(C)C2=CC(=O)[C@@](C)(O)[C@@H]2C1. The lowest BCUT2D eigenvalue weighted by molar-refractivity contribution is -0.133. The van der Waals surface area contributed by atoms with Gasteiger partial charge >= 0.3 is 0 Å². The number of hydrogen-bond donors (Lipinski definition) is 1. The quantitative estimate of drug-likeness (QED) is 0.699. The van der Waals surface area contributed by atoms with Gasteiger partial charge in [-0.3, -0.25) is 4.79 Å². The fourth-order valence-electron chi connectivity index (χ4n) is 4.14. The minimum absolute atomic E-state index is 0.0440. The molecule has 1 N–H and O–H groups in total. The summed E-state index contributed by atoms with van der Waals surface area (Å²) in [5.41, 5.74) is 0.516. The van der Waals surface area contributed by atoms with Gasteiger partial charge in [-0.25, -0.2) is 0 Å². The lowest BCUT2D eigenvalue weighted by Crippen LogP contribution is -2.40. The van der Waals surface area contributed by atoms with Gasteiger partial charge in [-0.1, -0.05) is 26.3 Å². The van der Waals surface area contributed by atoms with Gasteiger partial charge in [0.25, 0.3) is 0 Å². The Bertz CT molecular complexity index is 430. The molecule has 4 atom stereocenters. The first kappa shape index (κ1) is 11.5. The molecular weight excluding hydrogens is 212 g/mol. The monoisotopic (exact) mass is 234 g/mol. The number of ketones is 1. The molecule has 0 spiro atoms. The van der Waals surface area contributed by atoms with Crippen LogP contribution in [0.5, 0.6) is 0 Å². The summed E-state index contributed by atoms with van der Waals surface area (Å²) in [7, 11) is 0. The Balaban J connectivity index is 2.08. The van der Waals surface area contributed by atoms with Gasteiger partial charge in [0.15, 0.2) is 5.78 Å². The van der Waals surface area contributed by atoms with E-state index < -0.39 is 5.60 Å². The van der Waals surface area contributed by atoms with E-state index in [1.807, 2.05) is 0 Å². The Morgan fingerprint density at radius 1 is 1.18 bits per heavy atom. The smallest absolute Gasteiger partial charge is 0.187 e. The molecule has 0 aromatic heterocycles. The summed E-state index contributed by atoms with van der Waals surface area (Å²) in [5, 5.41) is 10.5. The third-order valence-electron chi connectivity index (χ3n) is 5.47. The van der Waals surface area contributed by atoms with Crippen molar-refractivity contribution in [3.8, 4) is 0 Å². The zero-order valence-corrected chi connectivity index (χ0v) is 11.2. The average Bonchev–Trinajstić information content (AvgIpc) is 2.75. The highest BCUT2D eigenvalue weighted by atomic mass is 16.3. The largest absolute Gasteiger partial charge is 0.381 e. The van der Waals surface area contributed by atoms with Crippen LogP contribution in [0, 0.1) is 22.7 Å². The topological polar surface area (TPSA) is 37.3 Å². The molecule has 0 amide bonds. The minimum atomic E-state index is -1.16. The lowest BCUT2D eigenvalue weighted by Gasteiger charge is -2.33. The summed E-state index contributed by atoms with van der Waals surface area (Å²) in [6, 6.07) is 0. The second-order valence-electron chi connectivity index (χ2n) is 7.56. The van der Waals surface area contributed by atoms with E-state index >= 15 is 0 Å². The first-order valence-electron chi connectivity index (χ1n) is 6.66. The molecular formula is C15H22O2. The van der Waals surface area contributed by atoms with Crippen LogP contribution in [-0.4, -0.2) is 16.5 Å². The molecule has 2 saturated carbocycles. The van der Waals surface area contributed by atoms with Crippen molar-refractivity contribution in [1.29, 1.82) is 0 Å². The Kier molecular flexibility index (Phi) is 1.92. The van der Waals surface area contributed by atoms with Crippen LogP contribution in [0.25, 0.3) is 0 Å². The molecule has 0 aromatic carbocycles. The fraction of sp³-hybridized carbons (Fsp3) is 0.800. The van der Waals surface area contributed by atoms with Crippen LogP contribution in [-0.2, 0) is 4.79 Å². The number of carbonyl (C=O) groups excluding carboxylic acids is 1. The van der Waals surface area contributed by atoms with E-state index in [0.717, 1.165) is 12.3 Å². The zero-order valence-electron chi connectivity index (χ0n) is 11.2. The van der Waals surface area contributed by atoms with Gasteiger partial charge in [-0.15, -0.1) is 0 Å². The number of aliphatic hydroxyl groups is 1. The molecule has 0 saturated heterocycles. The number of rotatable bonds is 0. The van der Waals surface area contributed by atoms with E-state index in [2.05, 4.69) is 20.8 Å². The van der Waals surface area contributed by atoms with Crippen LogP contribution in [0.1, 0.15) is 47.0 Å². The molecule has 0 radical (unpaired) electrons. The Hall–Kier alpha value is -0.630. The molecule has 0 aliphatic heterocycles. The van der Waals surface area contributed by atoms with Crippen LogP contribution < -0.4 is 0 Å². The summed E-state index contributed by atoms with van der Waals surface area (Å²) >= 11 is 0. The van der Waals surface area contributed by atoms with Crippen molar-refractivity contribution in [1.82, 2.24) is 0 Å². The highest BCUT2D eigenvalue weighted by Crippen LogP contribution is 2.68. The molecule has 0 heterocycles. The standard InChI is InChI=1S/C15H22O2/c1-13(2)6-9-7-14(9,3)10-5-12(16)15(4,17)11(10)8-13/h5,9,11,17H,6-8H2,1-4H3/t9-,11-,14-,15+/m1/s1. The first-order chi connectivity index (χ1) is 7.67. The molecule has 2 fully saturated rings. The minimum Gasteiger partial charge on any atom is -0.381 e. The first-order valence-corrected chi connectivity index (χ1v) is 6.66. The lowest BCUT2D eigenvalue weighted by atomic mass is 9.73. The van der Waals surface area contributed by atoms with Gasteiger partial charge in [0.05, 0.1) is 0 Å². The summed E-state index contributed by atoms with van der Waals surface area (Å²) in [5.74, 6) is 0.681. The fourth-order valence-corrected chi connectivity index (χ4v) is 4.14. The van der Waals surface area contributed by atoms with Gasteiger partial charge in [0.1, 0.15) is 5.60 Å². The van der Waals surface area contributed by atoms with Gasteiger partial charge < -0.3 is 5.11 Å². The summed E-state index contributed by atoms with van der Waals surface area (Å²) in [6.45, 7) is 8.51. The molecule has 0 unspecified atom stereocenters. The van der Waals surface area contributed by atoms with Gasteiger partial charge in [0, 0.05) is 5.92 Å². The van der Waals surface area contributed by atoms with E-state index in [0.29, 0.717) is 0 Å². The predicted molar refractivity (Wildman–Crippen MR) is 66.4 cm³/mol. The van der Waals surface area contributed by atoms with Crippen molar-refractivity contribution >= 4 is 5.78 Å². The van der Waals surface area contributed by atoms with Crippen molar-refractivity contribution in [2.24, 2.45) is 22.7 Å². The Morgan fingerprint density at radius 3 is 2.47 bits per heavy atom. The number of carbonyl (C=O) groups is 1. The van der Waals surface area contributed by atoms with Crippen molar-refractivity contribution in [2.75, 3.05) is 0 Å². The van der Waals surface area contributed by atoms with Crippen molar-refractivity contribution in [3.05, 3.63) is 11.6 Å². The molecule has 94 valence electrons. The molecule has 3 aliphatic carbocycles.